The van der Waals surface area contributed by atoms with Gasteiger partial charge in [-0.3, -0.25) is 14.4 Å². The van der Waals surface area contributed by atoms with E-state index in [9.17, 15) is 14.4 Å². The number of carbonyl (C=O) groups excluding carboxylic acids is 3. The highest BCUT2D eigenvalue weighted by Crippen LogP contribution is 2.03. The Morgan fingerprint density at radius 2 is 1.91 bits per heavy atom. The van der Waals surface area contributed by atoms with Crippen LogP contribution >= 0.6 is 0 Å². The van der Waals surface area contributed by atoms with Crippen LogP contribution in [0.3, 0.4) is 0 Å². The van der Waals surface area contributed by atoms with Crippen molar-refractivity contribution in [1.29, 1.82) is 0 Å². The van der Waals surface area contributed by atoms with E-state index < -0.39 is 11.9 Å². The number of carbonyl (C=O) groups is 3. The van der Waals surface area contributed by atoms with Crippen molar-refractivity contribution in [2.24, 2.45) is 0 Å². The second-order valence-corrected chi connectivity index (χ2v) is 5.13. The lowest BCUT2D eigenvalue weighted by Gasteiger charge is -2.14. The second-order valence-electron chi connectivity index (χ2n) is 5.13. The molecule has 1 atom stereocenters. The summed E-state index contributed by atoms with van der Waals surface area (Å²) in [6.45, 7) is 5.84. The van der Waals surface area contributed by atoms with Crippen LogP contribution < -0.4 is 16.0 Å². The summed E-state index contributed by atoms with van der Waals surface area (Å²) in [5, 5.41) is 7.77. The molecule has 1 rings (SSSR count). The SMILES string of the molecule is CCCNC(=O)C(C)NC(=O)CNC(=O)c1cccc(C)c1. The van der Waals surface area contributed by atoms with E-state index in [1.165, 1.54) is 0 Å². The van der Waals surface area contributed by atoms with Gasteiger partial charge in [0, 0.05) is 12.1 Å². The zero-order valence-corrected chi connectivity index (χ0v) is 13.2. The monoisotopic (exact) mass is 305 g/mol. The van der Waals surface area contributed by atoms with Crippen LogP contribution in [0.5, 0.6) is 0 Å². The first-order valence-corrected chi connectivity index (χ1v) is 7.36. The van der Waals surface area contributed by atoms with Crippen LogP contribution in [-0.4, -0.2) is 36.9 Å². The number of hydrogen-bond donors (Lipinski definition) is 3. The highest BCUT2D eigenvalue weighted by atomic mass is 16.2. The summed E-state index contributed by atoms with van der Waals surface area (Å²) in [7, 11) is 0. The molecule has 3 amide bonds. The van der Waals surface area contributed by atoms with Crippen molar-refractivity contribution in [2.75, 3.05) is 13.1 Å². The Morgan fingerprint density at radius 1 is 1.18 bits per heavy atom. The molecule has 0 aliphatic rings. The summed E-state index contributed by atoms with van der Waals surface area (Å²) < 4.78 is 0. The zero-order chi connectivity index (χ0) is 16.5. The van der Waals surface area contributed by atoms with Gasteiger partial charge < -0.3 is 16.0 Å². The van der Waals surface area contributed by atoms with Gasteiger partial charge in [0.25, 0.3) is 5.91 Å². The molecule has 1 unspecified atom stereocenters. The maximum atomic E-state index is 11.9. The molecule has 6 heteroatoms. The van der Waals surface area contributed by atoms with Gasteiger partial charge in [-0.2, -0.15) is 0 Å². The Kier molecular flexibility index (Phi) is 7.08. The fourth-order valence-electron chi connectivity index (χ4n) is 1.81. The van der Waals surface area contributed by atoms with E-state index in [1.54, 1.807) is 25.1 Å². The average Bonchev–Trinajstić information content (AvgIpc) is 2.50. The standard InChI is InChI=1S/C16H23N3O3/c1-4-8-17-15(21)12(3)19-14(20)10-18-16(22)13-7-5-6-11(2)9-13/h5-7,9,12H,4,8,10H2,1-3H3,(H,17,21)(H,18,22)(H,19,20). The molecular formula is C16H23N3O3. The van der Waals surface area contributed by atoms with Gasteiger partial charge >= 0.3 is 0 Å². The molecule has 0 saturated heterocycles. The molecule has 1 aromatic carbocycles. The van der Waals surface area contributed by atoms with Crippen LogP contribution in [0.1, 0.15) is 36.2 Å². The third kappa shape index (κ3) is 5.95. The molecule has 0 aromatic heterocycles. The highest BCUT2D eigenvalue weighted by Gasteiger charge is 2.15. The van der Waals surface area contributed by atoms with Gasteiger partial charge in [-0.25, -0.2) is 0 Å². The van der Waals surface area contributed by atoms with Gasteiger partial charge in [0.15, 0.2) is 0 Å². The van der Waals surface area contributed by atoms with Gasteiger partial charge in [-0.05, 0) is 32.4 Å². The first kappa shape index (κ1) is 17.7. The normalized spacial score (nSPS) is 11.4. The van der Waals surface area contributed by atoms with E-state index >= 15 is 0 Å². The number of amides is 3. The second kappa shape index (κ2) is 8.81. The van der Waals surface area contributed by atoms with Crippen LogP contribution in [0.4, 0.5) is 0 Å². The van der Waals surface area contributed by atoms with Gasteiger partial charge in [0.1, 0.15) is 6.04 Å². The number of rotatable bonds is 7. The van der Waals surface area contributed by atoms with Crippen LogP contribution in [0.15, 0.2) is 24.3 Å². The number of hydrogen-bond acceptors (Lipinski definition) is 3. The summed E-state index contributed by atoms with van der Waals surface area (Å²) in [6.07, 6.45) is 0.832. The molecular weight excluding hydrogens is 282 g/mol. The smallest absolute Gasteiger partial charge is 0.251 e. The van der Waals surface area contributed by atoms with E-state index in [1.807, 2.05) is 19.9 Å². The van der Waals surface area contributed by atoms with E-state index in [2.05, 4.69) is 16.0 Å². The van der Waals surface area contributed by atoms with Crippen molar-refractivity contribution in [3.05, 3.63) is 35.4 Å². The maximum Gasteiger partial charge on any atom is 0.251 e. The minimum Gasteiger partial charge on any atom is -0.354 e. The fraction of sp³-hybridized carbons (Fsp3) is 0.438. The Bertz CT molecular complexity index is 543. The molecule has 120 valence electrons. The van der Waals surface area contributed by atoms with Crippen molar-refractivity contribution in [1.82, 2.24) is 16.0 Å². The third-order valence-electron chi connectivity index (χ3n) is 3.01. The van der Waals surface area contributed by atoms with Crippen molar-refractivity contribution in [2.45, 2.75) is 33.2 Å². The highest BCUT2D eigenvalue weighted by molar-refractivity contribution is 5.97. The van der Waals surface area contributed by atoms with E-state index in [0.29, 0.717) is 12.1 Å². The first-order valence-electron chi connectivity index (χ1n) is 7.36. The number of benzene rings is 1. The van der Waals surface area contributed by atoms with E-state index in [-0.39, 0.29) is 18.4 Å². The predicted molar refractivity (Wildman–Crippen MR) is 84.4 cm³/mol. The Balaban J connectivity index is 2.39. The Morgan fingerprint density at radius 3 is 2.55 bits per heavy atom. The average molecular weight is 305 g/mol. The van der Waals surface area contributed by atoms with Crippen molar-refractivity contribution < 1.29 is 14.4 Å². The Hall–Kier alpha value is -2.37. The summed E-state index contributed by atoms with van der Waals surface area (Å²) in [5.41, 5.74) is 1.47. The van der Waals surface area contributed by atoms with E-state index in [4.69, 9.17) is 0 Å². The largest absolute Gasteiger partial charge is 0.354 e. The van der Waals surface area contributed by atoms with Crippen LogP contribution in [-0.2, 0) is 9.59 Å². The molecule has 0 heterocycles. The molecule has 0 aliphatic heterocycles. The molecule has 6 nitrogen and oxygen atoms in total. The van der Waals surface area contributed by atoms with Gasteiger partial charge in [0.2, 0.25) is 11.8 Å². The minimum absolute atomic E-state index is 0.168. The summed E-state index contributed by atoms with van der Waals surface area (Å²) in [6, 6.07) is 6.47. The van der Waals surface area contributed by atoms with Crippen molar-refractivity contribution in [3.63, 3.8) is 0 Å². The van der Waals surface area contributed by atoms with Crippen LogP contribution in [0.25, 0.3) is 0 Å². The summed E-state index contributed by atoms with van der Waals surface area (Å²) in [5.74, 6) is -0.956. The quantitative estimate of drug-likeness (QED) is 0.695. The molecule has 22 heavy (non-hydrogen) atoms. The third-order valence-corrected chi connectivity index (χ3v) is 3.01. The Labute approximate surface area is 130 Å². The van der Waals surface area contributed by atoms with Gasteiger partial charge in [-0.1, -0.05) is 24.6 Å². The lowest BCUT2D eigenvalue weighted by Crippen LogP contribution is -2.48. The van der Waals surface area contributed by atoms with Crippen molar-refractivity contribution in [3.8, 4) is 0 Å². The zero-order valence-electron chi connectivity index (χ0n) is 13.2. The number of nitrogens with one attached hydrogen (secondary N) is 3. The lowest BCUT2D eigenvalue weighted by atomic mass is 10.1. The topological polar surface area (TPSA) is 87.3 Å². The fourth-order valence-corrected chi connectivity index (χ4v) is 1.81. The van der Waals surface area contributed by atoms with Crippen LogP contribution in [0.2, 0.25) is 0 Å². The summed E-state index contributed by atoms with van der Waals surface area (Å²) in [4.78, 5) is 35.2. The predicted octanol–water partition coefficient (Wildman–Crippen LogP) is 0.756. The minimum atomic E-state index is -0.630. The van der Waals surface area contributed by atoms with E-state index in [0.717, 1.165) is 12.0 Å². The van der Waals surface area contributed by atoms with Gasteiger partial charge in [-0.15, -0.1) is 0 Å². The lowest BCUT2D eigenvalue weighted by molar-refractivity contribution is -0.128. The summed E-state index contributed by atoms with van der Waals surface area (Å²) >= 11 is 0. The molecule has 0 aliphatic carbocycles. The molecule has 0 fully saturated rings. The van der Waals surface area contributed by atoms with Crippen molar-refractivity contribution >= 4 is 17.7 Å². The first-order chi connectivity index (χ1) is 10.4. The molecule has 3 N–H and O–H groups in total. The van der Waals surface area contributed by atoms with Crippen LogP contribution in [0, 0.1) is 6.92 Å². The molecule has 0 radical (unpaired) electrons. The molecule has 1 aromatic rings. The molecule has 0 saturated carbocycles. The molecule has 0 spiro atoms. The molecule has 0 bridgehead atoms. The van der Waals surface area contributed by atoms with Gasteiger partial charge in [0.05, 0.1) is 6.54 Å². The number of aryl methyl sites for hydroxylation is 1. The maximum absolute atomic E-state index is 11.9.